The van der Waals surface area contributed by atoms with Gasteiger partial charge in [-0.25, -0.2) is 4.79 Å². The van der Waals surface area contributed by atoms with Crippen molar-refractivity contribution in [3.05, 3.63) is 39.9 Å². The molecule has 0 aliphatic heterocycles. The van der Waals surface area contributed by atoms with Gasteiger partial charge in [0.25, 0.3) is 5.69 Å². The molecule has 6 heteroatoms. The highest BCUT2D eigenvalue weighted by Gasteiger charge is 2.24. The van der Waals surface area contributed by atoms with Crippen LogP contribution in [0.15, 0.2) is 24.3 Å². The van der Waals surface area contributed by atoms with Crippen molar-refractivity contribution in [3.8, 4) is 0 Å². The Kier molecular flexibility index (Phi) is 6.34. The first kappa shape index (κ1) is 17.9. The molecule has 0 N–H and O–H groups in total. The van der Waals surface area contributed by atoms with Gasteiger partial charge in [0.15, 0.2) is 0 Å². The molecule has 0 aliphatic rings. The normalized spacial score (nSPS) is 11.1. The molecule has 0 bridgehead atoms. The first-order chi connectivity index (χ1) is 10.2. The quantitative estimate of drug-likeness (QED) is 0.585. The van der Waals surface area contributed by atoms with Gasteiger partial charge in [0.05, 0.1) is 11.5 Å². The third kappa shape index (κ3) is 5.71. The minimum atomic E-state index is -0.593. The topological polar surface area (TPSA) is 72.7 Å². The molecule has 0 spiro atoms. The van der Waals surface area contributed by atoms with Gasteiger partial charge in [-0.3, -0.25) is 10.1 Å². The summed E-state index contributed by atoms with van der Waals surface area (Å²) in [6.07, 6.45) is 1.30. The average molecular weight is 308 g/mol. The van der Waals surface area contributed by atoms with Crippen LogP contribution >= 0.6 is 0 Å². The zero-order valence-electron chi connectivity index (χ0n) is 13.7. The van der Waals surface area contributed by atoms with Crippen molar-refractivity contribution >= 4 is 11.8 Å². The predicted octanol–water partition coefficient (Wildman–Crippen LogP) is 4.13. The second-order valence-electron chi connectivity index (χ2n) is 6.14. The predicted molar refractivity (Wildman–Crippen MR) is 84.6 cm³/mol. The molecule has 0 aromatic heterocycles. The molecule has 0 aliphatic carbocycles. The summed E-state index contributed by atoms with van der Waals surface area (Å²) in [4.78, 5) is 24.5. The Labute approximate surface area is 131 Å². The Hall–Kier alpha value is -2.11. The summed E-state index contributed by atoms with van der Waals surface area (Å²) in [5.41, 5.74) is -0.0634. The van der Waals surface area contributed by atoms with Gasteiger partial charge in [-0.1, -0.05) is 31.5 Å². The summed E-state index contributed by atoms with van der Waals surface area (Å²) in [7, 11) is 0. The molecule has 0 saturated heterocycles. The highest BCUT2D eigenvalue weighted by Crippen LogP contribution is 2.21. The lowest BCUT2D eigenvalue weighted by Gasteiger charge is -2.27. The van der Waals surface area contributed by atoms with Gasteiger partial charge in [0.1, 0.15) is 5.60 Å². The van der Waals surface area contributed by atoms with Crippen molar-refractivity contribution in [1.29, 1.82) is 0 Å². The molecule has 1 amide bonds. The van der Waals surface area contributed by atoms with Crippen LogP contribution in [-0.4, -0.2) is 28.1 Å². The molecular weight excluding hydrogens is 284 g/mol. The van der Waals surface area contributed by atoms with Crippen molar-refractivity contribution in [1.82, 2.24) is 4.90 Å². The van der Waals surface area contributed by atoms with Crippen LogP contribution in [0, 0.1) is 10.1 Å². The summed E-state index contributed by atoms with van der Waals surface area (Å²) in [6, 6.07) is 6.46. The van der Waals surface area contributed by atoms with Gasteiger partial charge in [0.2, 0.25) is 0 Å². The number of carbonyl (C=O) groups is 1. The summed E-state index contributed by atoms with van der Waals surface area (Å²) in [6.45, 7) is 8.11. The number of unbranched alkanes of at least 4 members (excludes halogenated alkanes) is 1. The Balaban J connectivity index is 2.94. The summed E-state index contributed by atoms with van der Waals surface area (Å²) >= 11 is 0. The molecule has 0 fully saturated rings. The van der Waals surface area contributed by atoms with Gasteiger partial charge in [-0.05, 0) is 27.2 Å². The lowest BCUT2D eigenvalue weighted by molar-refractivity contribution is -0.385. The summed E-state index contributed by atoms with van der Waals surface area (Å²) in [5.74, 6) is 0. The van der Waals surface area contributed by atoms with Crippen molar-refractivity contribution in [3.63, 3.8) is 0 Å². The molecule has 0 saturated carbocycles. The maximum Gasteiger partial charge on any atom is 0.410 e. The molecule has 22 heavy (non-hydrogen) atoms. The van der Waals surface area contributed by atoms with Crippen LogP contribution in [0.4, 0.5) is 10.5 Å². The fourth-order valence-corrected chi connectivity index (χ4v) is 1.94. The number of rotatable bonds is 6. The van der Waals surface area contributed by atoms with E-state index in [9.17, 15) is 14.9 Å². The fourth-order valence-electron chi connectivity index (χ4n) is 1.94. The van der Waals surface area contributed by atoms with Crippen LogP contribution in [0.3, 0.4) is 0 Å². The second kappa shape index (κ2) is 7.77. The van der Waals surface area contributed by atoms with E-state index in [2.05, 4.69) is 0 Å². The zero-order valence-corrected chi connectivity index (χ0v) is 13.7. The number of nitro groups is 1. The molecule has 1 aromatic rings. The molecular formula is C16H24N2O4. The van der Waals surface area contributed by atoms with Crippen LogP contribution in [0.2, 0.25) is 0 Å². The van der Waals surface area contributed by atoms with Crippen LogP contribution in [-0.2, 0) is 11.3 Å². The van der Waals surface area contributed by atoms with Crippen LogP contribution < -0.4 is 0 Å². The molecule has 0 heterocycles. The number of hydrogen-bond acceptors (Lipinski definition) is 4. The average Bonchev–Trinajstić information content (AvgIpc) is 2.41. The number of nitrogens with zero attached hydrogens (tertiary/aromatic N) is 2. The lowest BCUT2D eigenvalue weighted by Crippen LogP contribution is -2.37. The number of amides is 1. The number of benzene rings is 1. The molecule has 0 radical (unpaired) electrons. The van der Waals surface area contributed by atoms with Crippen molar-refractivity contribution in [2.75, 3.05) is 6.54 Å². The van der Waals surface area contributed by atoms with Crippen molar-refractivity contribution < 1.29 is 14.5 Å². The summed E-state index contributed by atoms with van der Waals surface area (Å²) in [5, 5.41) is 11.1. The number of hydrogen-bond donors (Lipinski definition) is 0. The third-order valence-corrected chi connectivity index (χ3v) is 2.98. The first-order valence-corrected chi connectivity index (χ1v) is 7.45. The monoisotopic (exact) mass is 308 g/mol. The minimum absolute atomic E-state index is 0.0209. The minimum Gasteiger partial charge on any atom is -0.444 e. The van der Waals surface area contributed by atoms with Crippen molar-refractivity contribution in [2.45, 2.75) is 52.7 Å². The van der Waals surface area contributed by atoms with E-state index in [-0.39, 0.29) is 12.2 Å². The molecule has 6 nitrogen and oxygen atoms in total. The summed E-state index contributed by atoms with van der Waals surface area (Å²) < 4.78 is 5.39. The van der Waals surface area contributed by atoms with Gasteiger partial charge in [0, 0.05) is 18.2 Å². The molecule has 0 atom stereocenters. The van der Waals surface area contributed by atoms with E-state index in [4.69, 9.17) is 4.74 Å². The highest BCUT2D eigenvalue weighted by atomic mass is 16.6. The largest absolute Gasteiger partial charge is 0.444 e. The Morgan fingerprint density at radius 1 is 1.32 bits per heavy atom. The van der Waals surface area contributed by atoms with E-state index in [1.807, 2.05) is 6.92 Å². The lowest BCUT2D eigenvalue weighted by atomic mass is 10.1. The second-order valence-corrected chi connectivity index (χ2v) is 6.14. The van der Waals surface area contributed by atoms with Crippen LogP contribution in [0.5, 0.6) is 0 Å². The third-order valence-electron chi connectivity index (χ3n) is 2.98. The van der Waals surface area contributed by atoms with Gasteiger partial charge >= 0.3 is 6.09 Å². The van der Waals surface area contributed by atoms with Gasteiger partial charge in [-0.15, -0.1) is 0 Å². The van der Waals surface area contributed by atoms with E-state index < -0.39 is 16.6 Å². The number of carbonyl (C=O) groups excluding carboxylic acids is 1. The maximum absolute atomic E-state index is 12.3. The molecule has 1 rings (SSSR count). The van der Waals surface area contributed by atoms with Crippen LogP contribution in [0.1, 0.15) is 46.1 Å². The molecule has 1 aromatic carbocycles. The van der Waals surface area contributed by atoms with Crippen LogP contribution in [0.25, 0.3) is 0 Å². The Bertz CT molecular complexity index is 523. The smallest absolute Gasteiger partial charge is 0.410 e. The maximum atomic E-state index is 12.3. The fraction of sp³-hybridized carbons (Fsp3) is 0.562. The number of nitro benzene ring substituents is 1. The number of para-hydroxylation sites is 1. The van der Waals surface area contributed by atoms with E-state index in [1.54, 1.807) is 39.0 Å². The Morgan fingerprint density at radius 2 is 1.95 bits per heavy atom. The first-order valence-electron chi connectivity index (χ1n) is 7.45. The number of ether oxygens (including phenoxy) is 1. The van der Waals surface area contributed by atoms with E-state index in [0.29, 0.717) is 12.1 Å². The standard InChI is InChI=1S/C16H24N2O4/c1-5-6-11-17(15(19)22-16(2,3)4)12-13-9-7-8-10-14(13)18(20)21/h7-10H,5-6,11-12H2,1-4H3. The van der Waals surface area contributed by atoms with Gasteiger partial charge in [-0.2, -0.15) is 0 Å². The van der Waals surface area contributed by atoms with Crippen molar-refractivity contribution in [2.24, 2.45) is 0 Å². The molecule has 0 unspecified atom stereocenters. The Morgan fingerprint density at radius 3 is 2.50 bits per heavy atom. The highest BCUT2D eigenvalue weighted by molar-refractivity contribution is 5.68. The SMILES string of the molecule is CCCCN(Cc1ccccc1[N+](=O)[O-])C(=O)OC(C)(C)C. The zero-order chi connectivity index (χ0) is 16.8. The van der Waals surface area contributed by atoms with E-state index in [1.165, 1.54) is 11.0 Å². The molecule has 122 valence electrons. The van der Waals surface area contributed by atoms with Gasteiger partial charge < -0.3 is 9.64 Å². The van der Waals surface area contributed by atoms with E-state index >= 15 is 0 Å². The van der Waals surface area contributed by atoms with E-state index in [0.717, 1.165) is 12.8 Å².